The lowest BCUT2D eigenvalue weighted by Gasteiger charge is -2.09. The number of aryl methyl sites for hydroxylation is 1. The maximum Gasteiger partial charge on any atom is 0.270 e. The molecule has 2 aromatic heterocycles. The number of ether oxygens (including phenoxy) is 1. The van der Waals surface area contributed by atoms with Gasteiger partial charge in [-0.1, -0.05) is 35.9 Å². The molecule has 2 heterocycles. The van der Waals surface area contributed by atoms with Crippen molar-refractivity contribution in [1.29, 1.82) is 0 Å². The van der Waals surface area contributed by atoms with Crippen molar-refractivity contribution in [2.24, 2.45) is 0 Å². The van der Waals surface area contributed by atoms with Gasteiger partial charge < -0.3 is 9.72 Å². The summed E-state index contributed by atoms with van der Waals surface area (Å²) < 4.78 is 31.4. The number of hydrogen-bond acceptors (Lipinski definition) is 3. The lowest BCUT2D eigenvalue weighted by atomic mass is 10.2. The Bertz CT molecular complexity index is 1130. The van der Waals surface area contributed by atoms with Crippen LogP contribution >= 0.6 is 11.6 Å². The monoisotopic (exact) mass is 414 g/mol. The van der Waals surface area contributed by atoms with Gasteiger partial charge in [0.2, 0.25) is 0 Å². The molecule has 29 heavy (non-hydrogen) atoms. The minimum absolute atomic E-state index is 0.104. The number of aromatic nitrogens is 2. The van der Waals surface area contributed by atoms with Gasteiger partial charge in [-0.3, -0.25) is 9.78 Å². The fourth-order valence-corrected chi connectivity index (χ4v) is 2.72. The number of fused-ring (bicyclic) bond motifs is 1. The van der Waals surface area contributed by atoms with Crippen molar-refractivity contribution in [1.82, 2.24) is 9.97 Å². The zero-order chi connectivity index (χ0) is 20.8. The lowest BCUT2D eigenvalue weighted by molar-refractivity contribution is 0.298. The van der Waals surface area contributed by atoms with E-state index in [0.29, 0.717) is 5.69 Å². The van der Waals surface area contributed by atoms with Crippen molar-refractivity contribution in [2.45, 2.75) is 13.5 Å². The van der Waals surface area contributed by atoms with Crippen molar-refractivity contribution in [3.8, 4) is 5.75 Å². The van der Waals surface area contributed by atoms with Gasteiger partial charge in [-0.15, -0.1) is 0 Å². The Balaban J connectivity index is 0.000000200. The highest BCUT2D eigenvalue weighted by Crippen LogP contribution is 2.22. The molecular weight excluding hydrogens is 398 g/mol. The molecule has 0 aliphatic carbocycles. The smallest absolute Gasteiger partial charge is 0.270 e. The summed E-state index contributed by atoms with van der Waals surface area (Å²) in [7, 11) is 0. The number of H-pyrrole nitrogens is 1. The first-order valence-electron chi connectivity index (χ1n) is 8.69. The third-order valence-electron chi connectivity index (χ3n) is 4.02. The third-order valence-corrected chi connectivity index (χ3v) is 4.38. The van der Waals surface area contributed by atoms with E-state index in [2.05, 4.69) is 22.1 Å². The molecule has 0 radical (unpaired) electrons. The SMILES string of the molecule is Cc1cc(OCc2ccc(F)cc2F)c(Cl)c(=O)[nH]1.c1ccc2cnccc2c1. The number of aromatic amines is 1. The first kappa shape index (κ1) is 20.5. The summed E-state index contributed by atoms with van der Waals surface area (Å²) in [5.74, 6) is -1.21. The first-order chi connectivity index (χ1) is 13.9. The van der Waals surface area contributed by atoms with Crippen molar-refractivity contribution in [3.63, 3.8) is 0 Å². The molecule has 1 N–H and O–H groups in total. The highest BCUT2D eigenvalue weighted by atomic mass is 35.5. The zero-order valence-electron chi connectivity index (χ0n) is 15.5. The average Bonchev–Trinajstić information content (AvgIpc) is 2.71. The number of nitrogens with one attached hydrogen (secondary N) is 1. The standard InChI is InChI=1S/C13H10ClF2NO2.C9H7N/c1-7-4-11(12(14)13(18)17-7)19-6-8-2-3-9(15)5-10(8)16;1-2-4-9-7-10-6-5-8(9)3-1/h2-5H,6H2,1H3,(H,17,18);1-7H. The van der Waals surface area contributed by atoms with Crippen molar-refractivity contribution < 1.29 is 13.5 Å². The summed E-state index contributed by atoms with van der Waals surface area (Å²) in [6, 6.07) is 14.9. The van der Waals surface area contributed by atoms with Crippen LogP contribution in [0.3, 0.4) is 0 Å². The van der Waals surface area contributed by atoms with Crippen LogP contribution in [0.4, 0.5) is 8.78 Å². The molecule has 0 amide bonds. The van der Waals surface area contributed by atoms with E-state index in [4.69, 9.17) is 16.3 Å². The molecule has 0 fully saturated rings. The van der Waals surface area contributed by atoms with Crippen LogP contribution in [0.25, 0.3) is 10.8 Å². The van der Waals surface area contributed by atoms with E-state index < -0.39 is 17.2 Å². The third kappa shape index (κ3) is 5.39. The largest absolute Gasteiger partial charge is 0.487 e. The van der Waals surface area contributed by atoms with E-state index in [9.17, 15) is 13.6 Å². The molecular formula is C22H17ClF2N2O2. The van der Waals surface area contributed by atoms with Crippen molar-refractivity contribution in [2.75, 3.05) is 0 Å². The second kappa shape index (κ2) is 9.30. The van der Waals surface area contributed by atoms with Gasteiger partial charge in [0.05, 0.1) is 0 Å². The number of pyridine rings is 2. The highest BCUT2D eigenvalue weighted by Gasteiger charge is 2.09. The number of halogens is 3. The van der Waals surface area contributed by atoms with Gasteiger partial charge in [-0.2, -0.15) is 0 Å². The number of nitrogens with zero attached hydrogens (tertiary/aromatic N) is 1. The quantitative estimate of drug-likeness (QED) is 0.486. The van der Waals surface area contributed by atoms with Crippen LogP contribution in [0.2, 0.25) is 5.02 Å². The average molecular weight is 415 g/mol. The maximum atomic E-state index is 13.4. The molecule has 0 aliphatic heterocycles. The molecule has 4 nitrogen and oxygen atoms in total. The summed E-state index contributed by atoms with van der Waals surface area (Å²) in [6.45, 7) is 1.53. The van der Waals surface area contributed by atoms with Crippen LogP contribution in [0, 0.1) is 18.6 Å². The Labute approximate surface area is 170 Å². The van der Waals surface area contributed by atoms with Gasteiger partial charge >= 0.3 is 0 Å². The predicted molar refractivity (Wildman–Crippen MR) is 109 cm³/mol. The molecule has 0 saturated carbocycles. The topological polar surface area (TPSA) is 55.0 Å². The van der Waals surface area contributed by atoms with Crippen LogP contribution in [0.15, 0.2) is 71.8 Å². The molecule has 7 heteroatoms. The summed E-state index contributed by atoms with van der Waals surface area (Å²) in [5, 5.41) is 2.34. The molecule has 148 valence electrons. The van der Waals surface area contributed by atoms with Gasteiger partial charge in [-0.05, 0) is 35.9 Å². The number of rotatable bonds is 3. The van der Waals surface area contributed by atoms with E-state index in [1.165, 1.54) is 22.9 Å². The van der Waals surface area contributed by atoms with Crippen LogP contribution in [-0.4, -0.2) is 9.97 Å². The van der Waals surface area contributed by atoms with E-state index in [1.54, 1.807) is 6.92 Å². The fraction of sp³-hybridized carbons (Fsp3) is 0.0909. The first-order valence-corrected chi connectivity index (χ1v) is 9.07. The van der Waals surface area contributed by atoms with Crippen LogP contribution in [0.1, 0.15) is 11.3 Å². The van der Waals surface area contributed by atoms with E-state index in [1.807, 2.05) is 30.6 Å². The molecule has 0 aliphatic rings. The molecule has 0 spiro atoms. The Hall–Kier alpha value is -3.25. The molecule has 2 aromatic carbocycles. The minimum Gasteiger partial charge on any atom is -0.487 e. The molecule has 0 saturated heterocycles. The van der Waals surface area contributed by atoms with Crippen LogP contribution in [-0.2, 0) is 6.61 Å². The van der Waals surface area contributed by atoms with Crippen molar-refractivity contribution in [3.05, 3.63) is 105 Å². The molecule has 0 unspecified atom stereocenters. The second-order valence-corrected chi connectivity index (χ2v) is 6.58. The zero-order valence-corrected chi connectivity index (χ0v) is 16.2. The molecule has 4 aromatic rings. The van der Waals surface area contributed by atoms with E-state index >= 15 is 0 Å². The summed E-state index contributed by atoms with van der Waals surface area (Å²) in [4.78, 5) is 17.9. The maximum absolute atomic E-state index is 13.4. The predicted octanol–water partition coefficient (Wildman–Crippen LogP) is 5.43. The summed E-state index contributed by atoms with van der Waals surface area (Å²) >= 11 is 5.77. The Morgan fingerprint density at radius 2 is 1.83 bits per heavy atom. The molecule has 0 bridgehead atoms. The highest BCUT2D eigenvalue weighted by molar-refractivity contribution is 6.31. The van der Waals surface area contributed by atoms with Gasteiger partial charge in [0, 0.05) is 35.8 Å². The van der Waals surface area contributed by atoms with Crippen LogP contribution in [0.5, 0.6) is 5.75 Å². The Morgan fingerprint density at radius 3 is 2.55 bits per heavy atom. The van der Waals surface area contributed by atoms with Gasteiger partial charge in [0.25, 0.3) is 5.56 Å². The van der Waals surface area contributed by atoms with Crippen molar-refractivity contribution >= 4 is 22.4 Å². The van der Waals surface area contributed by atoms with Gasteiger partial charge in [0.1, 0.15) is 29.0 Å². The van der Waals surface area contributed by atoms with Gasteiger partial charge in [-0.25, -0.2) is 8.78 Å². The molecule has 4 rings (SSSR count). The lowest BCUT2D eigenvalue weighted by Crippen LogP contribution is -2.10. The Morgan fingerprint density at radius 1 is 1.07 bits per heavy atom. The number of hydrogen-bond donors (Lipinski definition) is 1. The minimum atomic E-state index is -0.710. The molecule has 0 atom stereocenters. The van der Waals surface area contributed by atoms with Gasteiger partial charge in [0.15, 0.2) is 0 Å². The van der Waals surface area contributed by atoms with Crippen LogP contribution < -0.4 is 10.3 Å². The summed E-state index contributed by atoms with van der Waals surface area (Å²) in [5.41, 5.74) is 0.274. The van der Waals surface area contributed by atoms with E-state index in [0.717, 1.165) is 12.1 Å². The summed E-state index contributed by atoms with van der Waals surface area (Å²) in [6.07, 6.45) is 3.68. The fourth-order valence-electron chi connectivity index (χ4n) is 2.57. The normalized spacial score (nSPS) is 10.3. The Kier molecular flexibility index (Phi) is 6.57. The van der Waals surface area contributed by atoms with E-state index in [-0.39, 0.29) is 22.9 Å². The number of benzene rings is 2. The second-order valence-electron chi connectivity index (χ2n) is 6.21.